The number of nitrogen functional groups attached to an aromatic ring is 1. The topological polar surface area (TPSA) is 55.1 Å². The Kier molecular flexibility index (Phi) is 3.84. The van der Waals surface area contributed by atoms with Crippen LogP contribution in [0.15, 0.2) is 42.5 Å². The monoisotopic (exact) mass is 298 g/mol. The molecule has 0 bridgehead atoms. The molecule has 0 aromatic heterocycles. The standard InChI is InChI=1S/C14H10F4N2O/c15-11-5-4-9(14(16,17)18)7-12(11)20-13(21)8-2-1-3-10(19)6-8/h1-7H,19H2,(H,20,21). The van der Waals surface area contributed by atoms with Gasteiger partial charge in [-0.1, -0.05) is 6.07 Å². The Morgan fingerprint density at radius 3 is 2.43 bits per heavy atom. The molecule has 1 amide bonds. The SMILES string of the molecule is Nc1cccc(C(=O)Nc2cc(C(F)(F)F)ccc2F)c1. The first-order valence-electron chi connectivity index (χ1n) is 5.81. The van der Waals surface area contributed by atoms with Crippen LogP contribution < -0.4 is 11.1 Å². The van der Waals surface area contributed by atoms with Crippen LogP contribution in [0.4, 0.5) is 28.9 Å². The van der Waals surface area contributed by atoms with Gasteiger partial charge in [-0.3, -0.25) is 4.79 Å². The van der Waals surface area contributed by atoms with Crippen molar-refractivity contribution < 1.29 is 22.4 Å². The summed E-state index contributed by atoms with van der Waals surface area (Å²) < 4.78 is 51.2. The summed E-state index contributed by atoms with van der Waals surface area (Å²) in [6.45, 7) is 0. The number of halogens is 4. The Morgan fingerprint density at radius 2 is 1.81 bits per heavy atom. The number of nitrogens with two attached hydrogens (primary N) is 1. The van der Waals surface area contributed by atoms with Crippen LogP contribution >= 0.6 is 0 Å². The molecule has 3 N–H and O–H groups in total. The number of hydrogen-bond acceptors (Lipinski definition) is 2. The zero-order valence-corrected chi connectivity index (χ0v) is 10.5. The maximum atomic E-state index is 13.5. The summed E-state index contributed by atoms with van der Waals surface area (Å²) in [4.78, 5) is 11.9. The Labute approximate surface area is 117 Å². The third-order valence-electron chi connectivity index (χ3n) is 2.69. The van der Waals surface area contributed by atoms with Crippen LogP contribution in [0.25, 0.3) is 0 Å². The average Bonchev–Trinajstić information content (AvgIpc) is 2.40. The fourth-order valence-corrected chi connectivity index (χ4v) is 1.67. The molecule has 0 aliphatic carbocycles. The highest BCUT2D eigenvalue weighted by Crippen LogP contribution is 2.31. The summed E-state index contributed by atoms with van der Waals surface area (Å²) in [5.74, 6) is -1.71. The van der Waals surface area contributed by atoms with E-state index >= 15 is 0 Å². The Bertz CT molecular complexity index is 683. The van der Waals surface area contributed by atoms with Crippen LogP contribution in [0.1, 0.15) is 15.9 Å². The van der Waals surface area contributed by atoms with E-state index in [0.717, 1.165) is 0 Å². The maximum Gasteiger partial charge on any atom is 0.416 e. The van der Waals surface area contributed by atoms with E-state index in [9.17, 15) is 22.4 Å². The summed E-state index contributed by atoms with van der Waals surface area (Å²) in [6, 6.07) is 7.59. The molecule has 0 aliphatic rings. The first-order valence-corrected chi connectivity index (χ1v) is 5.81. The predicted octanol–water partition coefficient (Wildman–Crippen LogP) is 3.68. The molecule has 2 rings (SSSR count). The van der Waals surface area contributed by atoms with Gasteiger partial charge in [-0.05, 0) is 36.4 Å². The van der Waals surface area contributed by atoms with E-state index < -0.39 is 29.2 Å². The fraction of sp³-hybridized carbons (Fsp3) is 0.0714. The summed E-state index contributed by atoms with van der Waals surface area (Å²) in [6.07, 6.45) is -4.62. The molecule has 0 heterocycles. The van der Waals surface area contributed by atoms with Crippen molar-refractivity contribution in [1.29, 1.82) is 0 Å². The smallest absolute Gasteiger partial charge is 0.399 e. The molecule has 0 aliphatic heterocycles. The van der Waals surface area contributed by atoms with E-state index in [1.54, 1.807) is 6.07 Å². The van der Waals surface area contributed by atoms with E-state index in [2.05, 4.69) is 5.32 Å². The Morgan fingerprint density at radius 1 is 1.10 bits per heavy atom. The van der Waals surface area contributed by atoms with Crippen molar-refractivity contribution in [2.75, 3.05) is 11.1 Å². The van der Waals surface area contributed by atoms with Crippen LogP contribution in [0, 0.1) is 5.82 Å². The first kappa shape index (κ1) is 14.8. The Hall–Kier alpha value is -2.57. The van der Waals surface area contributed by atoms with Gasteiger partial charge in [0.25, 0.3) is 5.91 Å². The number of hydrogen-bond donors (Lipinski definition) is 2. The quantitative estimate of drug-likeness (QED) is 0.656. The number of carbonyl (C=O) groups is 1. The van der Waals surface area contributed by atoms with Crippen LogP contribution in [-0.4, -0.2) is 5.91 Å². The van der Waals surface area contributed by atoms with Gasteiger partial charge in [0.2, 0.25) is 0 Å². The van der Waals surface area contributed by atoms with Crippen LogP contribution in [0.2, 0.25) is 0 Å². The van der Waals surface area contributed by atoms with Crippen molar-refractivity contribution in [1.82, 2.24) is 0 Å². The first-order chi connectivity index (χ1) is 9.77. The highest BCUT2D eigenvalue weighted by molar-refractivity contribution is 6.04. The second-order valence-corrected chi connectivity index (χ2v) is 4.27. The molecule has 2 aromatic rings. The molecule has 0 atom stereocenters. The predicted molar refractivity (Wildman–Crippen MR) is 70.2 cm³/mol. The Balaban J connectivity index is 2.29. The second kappa shape index (κ2) is 5.43. The summed E-state index contributed by atoms with van der Waals surface area (Å²) in [5, 5.41) is 2.10. The average molecular weight is 298 g/mol. The molecule has 21 heavy (non-hydrogen) atoms. The number of carbonyl (C=O) groups excluding carboxylic acids is 1. The molecule has 3 nitrogen and oxygen atoms in total. The van der Waals surface area contributed by atoms with E-state index in [0.29, 0.717) is 23.9 Å². The molecule has 0 saturated carbocycles. The minimum atomic E-state index is -4.62. The van der Waals surface area contributed by atoms with Gasteiger partial charge in [0.1, 0.15) is 5.82 Å². The van der Waals surface area contributed by atoms with Gasteiger partial charge in [-0.15, -0.1) is 0 Å². The largest absolute Gasteiger partial charge is 0.416 e. The molecule has 110 valence electrons. The minimum Gasteiger partial charge on any atom is -0.399 e. The van der Waals surface area contributed by atoms with Gasteiger partial charge in [0.05, 0.1) is 11.3 Å². The zero-order valence-electron chi connectivity index (χ0n) is 10.5. The van der Waals surface area contributed by atoms with Crippen molar-refractivity contribution in [2.24, 2.45) is 0 Å². The number of benzene rings is 2. The molecule has 0 unspecified atom stereocenters. The van der Waals surface area contributed by atoms with Crippen LogP contribution in [0.3, 0.4) is 0 Å². The maximum absolute atomic E-state index is 13.5. The summed E-state index contributed by atoms with van der Waals surface area (Å²) in [7, 11) is 0. The third-order valence-corrected chi connectivity index (χ3v) is 2.69. The van der Waals surface area contributed by atoms with Crippen molar-refractivity contribution >= 4 is 17.3 Å². The zero-order chi connectivity index (χ0) is 15.6. The van der Waals surface area contributed by atoms with Crippen LogP contribution in [0.5, 0.6) is 0 Å². The lowest BCUT2D eigenvalue weighted by atomic mass is 10.1. The van der Waals surface area contributed by atoms with E-state index in [1.165, 1.54) is 18.2 Å². The lowest BCUT2D eigenvalue weighted by molar-refractivity contribution is -0.137. The van der Waals surface area contributed by atoms with E-state index in [-0.39, 0.29) is 5.56 Å². The molecule has 2 aromatic carbocycles. The van der Waals surface area contributed by atoms with Gasteiger partial charge >= 0.3 is 6.18 Å². The molecule has 0 spiro atoms. The highest BCUT2D eigenvalue weighted by atomic mass is 19.4. The van der Waals surface area contributed by atoms with E-state index in [4.69, 9.17) is 5.73 Å². The summed E-state index contributed by atoms with van der Waals surface area (Å²) >= 11 is 0. The molecule has 0 radical (unpaired) electrons. The number of rotatable bonds is 2. The van der Waals surface area contributed by atoms with Crippen molar-refractivity contribution in [2.45, 2.75) is 6.18 Å². The van der Waals surface area contributed by atoms with Gasteiger partial charge in [0, 0.05) is 11.3 Å². The fourth-order valence-electron chi connectivity index (χ4n) is 1.67. The molecular weight excluding hydrogens is 288 g/mol. The third kappa shape index (κ3) is 3.50. The molecular formula is C14H10F4N2O. The molecule has 0 fully saturated rings. The number of alkyl halides is 3. The lowest BCUT2D eigenvalue weighted by Gasteiger charge is -2.11. The number of nitrogens with one attached hydrogen (secondary N) is 1. The molecule has 0 saturated heterocycles. The minimum absolute atomic E-state index is 0.117. The van der Waals surface area contributed by atoms with E-state index in [1.807, 2.05) is 0 Å². The van der Waals surface area contributed by atoms with Gasteiger partial charge in [0.15, 0.2) is 0 Å². The number of anilines is 2. The lowest BCUT2D eigenvalue weighted by Crippen LogP contribution is -2.14. The van der Waals surface area contributed by atoms with Crippen LogP contribution in [-0.2, 0) is 6.18 Å². The van der Waals surface area contributed by atoms with Gasteiger partial charge < -0.3 is 11.1 Å². The number of amides is 1. The highest BCUT2D eigenvalue weighted by Gasteiger charge is 2.31. The molecule has 7 heteroatoms. The van der Waals surface area contributed by atoms with Crippen molar-refractivity contribution in [3.05, 3.63) is 59.4 Å². The normalized spacial score (nSPS) is 11.2. The van der Waals surface area contributed by atoms with Crippen molar-refractivity contribution in [3.8, 4) is 0 Å². The van der Waals surface area contributed by atoms with Gasteiger partial charge in [-0.25, -0.2) is 4.39 Å². The van der Waals surface area contributed by atoms with Gasteiger partial charge in [-0.2, -0.15) is 13.2 Å². The summed E-state index contributed by atoms with van der Waals surface area (Å²) in [5.41, 5.74) is 4.33. The second-order valence-electron chi connectivity index (χ2n) is 4.27. The van der Waals surface area contributed by atoms with Crippen molar-refractivity contribution in [3.63, 3.8) is 0 Å².